The number of fused-ring (bicyclic) bond motifs is 1. The lowest BCUT2D eigenvalue weighted by Gasteiger charge is -2.09. The zero-order chi connectivity index (χ0) is 18.0. The number of hydrogen-bond donors (Lipinski definition) is 1. The third kappa shape index (κ3) is 3.80. The number of ether oxygens (including phenoxy) is 1. The normalized spacial score (nSPS) is 12.1. The number of carbonyl (C=O) groups excluding carboxylic acids is 2. The van der Waals surface area contributed by atoms with E-state index in [0.717, 1.165) is 10.1 Å². The molecular formula is C16H14ClN3O4S. The molecule has 0 saturated heterocycles. The van der Waals surface area contributed by atoms with Crippen LogP contribution in [0.1, 0.15) is 34.4 Å². The first-order chi connectivity index (χ1) is 12.0. The van der Waals surface area contributed by atoms with Crippen LogP contribution < -0.4 is 5.32 Å². The Bertz CT molecular complexity index is 937. The van der Waals surface area contributed by atoms with E-state index in [2.05, 4.69) is 15.5 Å². The number of benzene rings is 1. The van der Waals surface area contributed by atoms with Crippen LogP contribution in [-0.4, -0.2) is 28.6 Å². The molecule has 3 rings (SSSR count). The SMILES string of the molecule is Cc1noc(C(C)OC(=O)CNC(=O)c2sc3ccccc3c2Cl)n1. The Labute approximate surface area is 151 Å². The average Bonchev–Trinajstić information content (AvgIpc) is 3.17. The van der Waals surface area contributed by atoms with Crippen LogP contribution in [0.3, 0.4) is 0 Å². The molecule has 0 fully saturated rings. The van der Waals surface area contributed by atoms with Crippen LogP contribution in [0.2, 0.25) is 5.02 Å². The second kappa shape index (κ2) is 7.20. The van der Waals surface area contributed by atoms with Gasteiger partial charge in [0, 0.05) is 10.1 Å². The van der Waals surface area contributed by atoms with Gasteiger partial charge in [0.1, 0.15) is 11.4 Å². The number of esters is 1. The highest BCUT2D eigenvalue weighted by atomic mass is 35.5. The molecule has 0 aliphatic heterocycles. The summed E-state index contributed by atoms with van der Waals surface area (Å²) in [5, 5.41) is 7.32. The summed E-state index contributed by atoms with van der Waals surface area (Å²) in [5.41, 5.74) is 0. The van der Waals surface area contributed by atoms with Crippen molar-refractivity contribution in [1.29, 1.82) is 0 Å². The van der Waals surface area contributed by atoms with E-state index < -0.39 is 18.0 Å². The van der Waals surface area contributed by atoms with Gasteiger partial charge in [-0.05, 0) is 19.9 Å². The number of nitrogens with one attached hydrogen (secondary N) is 1. The van der Waals surface area contributed by atoms with Crippen molar-refractivity contribution in [3.63, 3.8) is 0 Å². The molecule has 1 atom stereocenters. The largest absolute Gasteiger partial charge is 0.451 e. The predicted molar refractivity (Wildman–Crippen MR) is 92.7 cm³/mol. The van der Waals surface area contributed by atoms with Crippen molar-refractivity contribution in [3.05, 3.63) is 45.9 Å². The summed E-state index contributed by atoms with van der Waals surface area (Å²) >= 11 is 7.51. The predicted octanol–water partition coefficient (Wildman–Crippen LogP) is 3.28. The first-order valence-electron chi connectivity index (χ1n) is 7.40. The molecule has 0 aliphatic rings. The van der Waals surface area contributed by atoms with Crippen LogP contribution >= 0.6 is 22.9 Å². The van der Waals surface area contributed by atoms with Crippen LogP contribution in [0.15, 0.2) is 28.8 Å². The number of carbonyl (C=O) groups is 2. The molecule has 1 aromatic carbocycles. The minimum absolute atomic E-state index is 0.199. The van der Waals surface area contributed by atoms with Gasteiger partial charge < -0.3 is 14.6 Å². The summed E-state index contributed by atoms with van der Waals surface area (Å²) in [7, 11) is 0. The van der Waals surface area contributed by atoms with Gasteiger partial charge in [0.25, 0.3) is 11.8 Å². The van der Waals surface area contributed by atoms with Gasteiger partial charge in [-0.25, -0.2) is 0 Å². The molecule has 1 unspecified atom stereocenters. The van der Waals surface area contributed by atoms with Crippen molar-refractivity contribution in [3.8, 4) is 0 Å². The number of halogens is 1. The van der Waals surface area contributed by atoms with Gasteiger partial charge in [0.2, 0.25) is 0 Å². The Morgan fingerprint density at radius 3 is 2.84 bits per heavy atom. The topological polar surface area (TPSA) is 94.3 Å². The van der Waals surface area contributed by atoms with E-state index in [-0.39, 0.29) is 12.4 Å². The maximum atomic E-state index is 12.3. The van der Waals surface area contributed by atoms with Crippen molar-refractivity contribution < 1.29 is 18.8 Å². The van der Waals surface area contributed by atoms with Gasteiger partial charge in [0.05, 0.1) is 5.02 Å². The van der Waals surface area contributed by atoms with E-state index in [0.29, 0.717) is 15.7 Å². The quantitative estimate of drug-likeness (QED) is 0.683. The van der Waals surface area contributed by atoms with Crippen LogP contribution in [0, 0.1) is 6.92 Å². The van der Waals surface area contributed by atoms with Crippen molar-refractivity contribution in [2.75, 3.05) is 6.54 Å². The monoisotopic (exact) mass is 379 g/mol. The molecular weight excluding hydrogens is 366 g/mol. The highest BCUT2D eigenvalue weighted by molar-refractivity contribution is 7.21. The zero-order valence-electron chi connectivity index (χ0n) is 13.4. The number of aryl methyl sites for hydroxylation is 1. The number of nitrogens with zero attached hydrogens (tertiary/aromatic N) is 2. The smallest absolute Gasteiger partial charge is 0.326 e. The van der Waals surface area contributed by atoms with Crippen LogP contribution in [-0.2, 0) is 9.53 Å². The van der Waals surface area contributed by atoms with Crippen molar-refractivity contribution in [1.82, 2.24) is 15.5 Å². The minimum Gasteiger partial charge on any atom is -0.451 e. The Morgan fingerprint density at radius 1 is 1.40 bits per heavy atom. The third-order valence-electron chi connectivity index (χ3n) is 3.33. The molecule has 0 radical (unpaired) electrons. The molecule has 2 heterocycles. The van der Waals surface area contributed by atoms with Crippen molar-refractivity contribution >= 4 is 44.9 Å². The third-order valence-corrected chi connectivity index (χ3v) is 5.01. The first kappa shape index (κ1) is 17.4. The Morgan fingerprint density at radius 2 is 2.16 bits per heavy atom. The summed E-state index contributed by atoms with van der Waals surface area (Å²) in [4.78, 5) is 28.5. The van der Waals surface area contributed by atoms with E-state index in [1.807, 2.05) is 24.3 Å². The van der Waals surface area contributed by atoms with Gasteiger partial charge in [-0.1, -0.05) is 35.0 Å². The second-order valence-electron chi connectivity index (χ2n) is 5.24. The highest BCUT2D eigenvalue weighted by Gasteiger charge is 2.20. The van der Waals surface area contributed by atoms with Gasteiger partial charge in [-0.15, -0.1) is 11.3 Å². The minimum atomic E-state index is -0.696. The summed E-state index contributed by atoms with van der Waals surface area (Å²) in [6, 6.07) is 7.44. The second-order valence-corrected chi connectivity index (χ2v) is 6.67. The average molecular weight is 380 g/mol. The molecule has 0 bridgehead atoms. The summed E-state index contributed by atoms with van der Waals surface area (Å²) in [6.45, 7) is 2.98. The molecule has 3 aromatic rings. The molecule has 0 spiro atoms. The van der Waals surface area contributed by atoms with Gasteiger partial charge in [0.15, 0.2) is 11.9 Å². The fourth-order valence-electron chi connectivity index (χ4n) is 2.16. The standard InChI is InChI=1S/C16H14ClN3O4S/c1-8(16-19-9(2)20-24-16)23-12(21)7-18-15(22)14-13(17)10-5-3-4-6-11(10)25-14/h3-6,8H,7H2,1-2H3,(H,18,22). The molecule has 130 valence electrons. The van der Waals surface area contributed by atoms with E-state index in [1.54, 1.807) is 13.8 Å². The molecule has 0 saturated carbocycles. The zero-order valence-corrected chi connectivity index (χ0v) is 15.0. The fraction of sp³-hybridized carbons (Fsp3) is 0.250. The number of thiophene rings is 1. The van der Waals surface area contributed by atoms with Crippen LogP contribution in [0.4, 0.5) is 0 Å². The lowest BCUT2D eigenvalue weighted by molar-refractivity contribution is -0.148. The maximum Gasteiger partial charge on any atom is 0.326 e. The van der Waals surface area contributed by atoms with Gasteiger partial charge in [-0.3, -0.25) is 9.59 Å². The van der Waals surface area contributed by atoms with Gasteiger partial charge in [-0.2, -0.15) is 4.98 Å². The highest BCUT2D eigenvalue weighted by Crippen LogP contribution is 2.34. The van der Waals surface area contributed by atoms with Crippen LogP contribution in [0.25, 0.3) is 10.1 Å². The number of amides is 1. The molecule has 25 heavy (non-hydrogen) atoms. The Kier molecular flexibility index (Phi) is 5.00. The molecule has 7 nitrogen and oxygen atoms in total. The van der Waals surface area contributed by atoms with E-state index in [9.17, 15) is 9.59 Å². The number of rotatable bonds is 5. The molecule has 0 aliphatic carbocycles. The Hall–Kier alpha value is -2.45. The summed E-state index contributed by atoms with van der Waals surface area (Å²) in [5.74, 6) is -0.395. The first-order valence-corrected chi connectivity index (χ1v) is 8.60. The van der Waals surface area contributed by atoms with E-state index >= 15 is 0 Å². The number of hydrogen-bond acceptors (Lipinski definition) is 7. The maximum absolute atomic E-state index is 12.3. The molecule has 2 aromatic heterocycles. The fourth-order valence-corrected chi connectivity index (χ4v) is 3.59. The molecule has 1 amide bonds. The molecule has 1 N–H and O–H groups in total. The van der Waals surface area contributed by atoms with Crippen molar-refractivity contribution in [2.24, 2.45) is 0 Å². The number of aromatic nitrogens is 2. The lowest BCUT2D eigenvalue weighted by Crippen LogP contribution is -2.30. The van der Waals surface area contributed by atoms with Crippen LogP contribution in [0.5, 0.6) is 0 Å². The molecule has 9 heteroatoms. The Balaban J connectivity index is 1.59. The van der Waals surface area contributed by atoms with Gasteiger partial charge >= 0.3 is 5.97 Å². The lowest BCUT2D eigenvalue weighted by atomic mass is 10.2. The van der Waals surface area contributed by atoms with E-state index in [1.165, 1.54) is 11.3 Å². The summed E-state index contributed by atoms with van der Waals surface area (Å²) < 4.78 is 11.0. The van der Waals surface area contributed by atoms with Crippen molar-refractivity contribution in [2.45, 2.75) is 20.0 Å². The van der Waals surface area contributed by atoms with E-state index in [4.69, 9.17) is 20.9 Å². The summed E-state index contributed by atoms with van der Waals surface area (Å²) in [6.07, 6.45) is -0.696.